The van der Waals surface area contributed by atoms with Gasteiger partial charge in [-0.2, -0.15) is 0 Å². The minimum Gasteiger partial charge on any atom is -0.462 e. The average molecular weight is 861 g/mol. The van der Waals surface area contributed by atoms with Gasteiger partial charge in [0.2, 0.25) is 0 Å². The van der Waals surface area contributed by atoms with E-state index in [-0.39, 0.29) is 44.0 Å². The number of unbranched alkanes of at least 4 members (excludes halogenated alkanes) is 17. The van der Waals surface area contributed by atoms with E-state index < -0.39 is 6.10 Å². The van der Waals surface area contributed by atoms with Crippen LogP contribution in [0.25, 0.3) is 0 Å². The topological polar surface area (TPSA) is 78.9 Å². The molecule has 0 radical (unpaired) electrons. The van der Waals surface area contributed by atoms with Gasteiger partial charge >= 0.3 is 17.9 Å². The first-order chi connectivity index (χ1) is 30.5. The largest absolute Gasteiger partial charge is 0.462 e. The molecule has 0 unspecified atom stereocenters. The van der Waals surface area contributed by atoms with E-state index in [9.17, 15) is 14.4 Å². The van der Waals surface area contributed by atoms with E-state index in [1.807, 2.05) is 0 Å². The number of hydrogen-bond acceptors (Lipinski definition) is 6. The monoisotopic (exact) mass is 861 g/mol. The van der Waals surface area contributed by atoms with Crippen molar-refractivity contribution in [3.05, 3.63) is 97.2 Å². The Balaban J connectivity index is 4.55. The lowest BCUT2D eigenvalue weighted by molar-refractivity contribution is -0.167. The van der Waals surface area contributed by atoms with Gasteiger partial charge < -0.3 is 14.2 Å². The summed E-state index contributed by atoms with van der Waals surface area (Å²) >= 11 is 0. The molecule has 6 nitrogen and oxygen atoms in total. The molecule has 0 aliphatic carbocycles. The Hall–Kier alpha value is -3.67. The van der Waals surface area contributed by atoms with Crippen LogP contribution in [0.5, 0.6) is 0 Å². The Labute approximate surface area is 381 Å². The minimum absolute atomic E-state index is 0.111. The number of hydrogen-bond donors (Lipinski definition) is 0. The Morgan fingerprint density at radius 1 is 0.339 bits per heavy atom. The normalized spacial score (nSPS) is 12.9. The van der Waals surface area contributed by atoms with Crippen molar-refractivity contribution >= 4 is 17.9 Å². The molecule has 0 saturated heterocycles. The van der Waals surface area contributed by atoms with Gasteiger partial charge in [-0.1, -0.05) is 201 Å². The lowest BCUT2D eigenvalue weighted by atomic mass is 10.0. The SMILES string of the molecule is CC/C=C\C/C=C\C/C=C\C/C=C\CCCCC(=O)O[C@@H](COC(=O)CCC/C=C\C/C=C\C/C=C\C/C=C\CCCCC)COC(=O)CCCCCCCCCCCCCC. The van der Waals surface area contributed by atoms with Crippen molar-refractivity contribution in [3.8, 4) is 0 Å². The van der Waals surface area contributed by atoms with Gasteiger partial charge in [-0.3, -0.25) is 14.4 Å². The molecule has 0 amide bonds. The lowest BCUT2D eigenvalue weighted by Gasteiger charge is -2.18. The van der Waals surface area contributed by atoms with Gasteiger partial charge in [0.05, 0.1) is 0 Å². The summed E-state index contributed by atoms with van der Waals surface area (Å²) in [5, 5.41) is 0. The highest BCUT2D eigenvalue weighted by molar-refractivity contribution is 5.71. The van der Waals surface area contributed by atoms with Gasteiger partial charge in [0.25, 0.3) is 0 Å². The third kappa shape index (κ3) is 47.4. The zero-order chi connectivity index (χ0) is 45.1. The van der Waals surface area contributed by atoms with Gasteiger partial charge in [0.15, 0.2) is 6.10 Å². The van der Waals surface area contributed by atoms with Crippen LogP contribution in [0.1, 0.15) is 220 Å². The highest BCUT2D eigenvalue weighted by Crippen LogP contribution is 2.14. The van der Waals surface area contributed by atoms with Crippen molar-refractivity contribution in [2.24, 2.45) is 0 Å². The van der Waals surface area contributed by atoms with E-state index in [1.165, 1.54) is 83.5 Å². The molecular formula is C56H92O6. The maximum atomic E-state index is 12.8. The molecule has 0 aliphatic rings. The summed E-state index contributed by atoms with van der Waals surface area (Å²) < 4.78 is 16.7. The molecule has 352 valence electrons. The van der Waals surface area contributed by atoms with Gasteiger partial charge in [-0.15, -0.1) is 0 Å². The fraction of sp³-hybridized carbons (Fsp3) is 0.661. The highest BCUT2D eigenvalue weighted by Gasteiger charge is 2.19. The third-order valence-corrected chi connectivity index (χ3v) is 10.3. The van der Waals surface area contributed by atoms with Crippen LogP contribution in [0.2, 0.25) is 0 Å². The second-order valence-corrected chi connectivity index (χ2v) is 16.3. The van der Waals surface area contributed by atoms with E-state index in [2.05, 4.69) is 118 Å². The predicted octanol–water partition coefficient (Wildman–Crippen LogP) is 16.6. The van der Waals surface area contributed by atoms with Crippen molar-refractivity contribution in [1.82, 2.24) is 0 Å². The van der Waals surface area contributed by atoms with Crippen LogP contribution in [-0.4, -0.2) is 37.2 Å². The molecule has 0 fully saturated rings. The summed E-state index contributed by atoms with van der Waals surface area (Å²) in [5.74, 6) is -1.02. The second kappa shape index (κ2) is 50.0. The number of esters is 3. The molecule has 0 aromatic rings. The Morgan fingerprint density at radius 2 is 0.645 bits per heavy atom. The van der Waals surface area contributed by atoms with Crippen LogP contribution in [-0.2, 0) is 28.6 Å². The Morgan fingerprint density at radius 3 is 1.08 bits per heavy atom. The van der Waals surface area contributed by atoms with Crippen LogP contribution >= 0.6 is 0 Å². The van der Waals surface area contributed by atoms with Crippen LogP contribution in [0.4, 0.5) is 0 Å². The predicted molar refractivity (Wildman–Crippen MR) is 265 cm³/mol. The van der Waals surface area contributed by atoms with Crippen LogP contribution in [0.3, 0.4) is 0 Å². The lowest BCUT2D eigenvalue weighted by Crippen LogP contribution is -2.30. The molecule has 0 aliphatic heterocycles. The average Bonchev–Trinajstić information content (AvgIpc) is 3.27. The molecule has 0 heterocycles. The molecule has 6 heteroatoms. The van der Waals surface area contributed by atoms with Crippen LogP contribution in [0, 0.1) is 0 Å². The summed E-state index contributed by atoms with van der Waals surface area (Å²) in [7, 11) is 0. The molecule has 0 spiro atoms. The first kappa shape index (κ1) is 58.3. The van der Waals surface area contributed by atoms with Crippen molar-refractivity contribution in [3.63, 3.8) is 0 Å². The van der Waals surface area contributed by atoms with Gasteiger partial charge in [-0.05, 0) is 96.3 Å². The third-order valence-electron chi connectivity index (χ3n) is 10.3. The Bertz CT molecular complexity index is 1260. The van der Waals surface area contributed by atoms with E-state index in [0.29, 0.717) is 19.3 Å². The molecule has 0 N–H and O–H groups in total. The van der Waals surface area contributed by atoms with Crippen LogP contribution < -0.4 is 0 Å². The standard InChI is InChI=1S/C56H92O6/c1-4-7-10-13-16-19-22-25-27-28-30-31-34-37-40-43-46-49-55(58)61-52-53(51-60-54(57)48-45-42-39-36-33-24-21-18-15-12-9-6-3)62-56(59)50-47-44-41-38-35-32-29-26-23-20-17-14-11-8-5-2/h8,11,16-17,19-20,25-27,29-31,35,37-38,40,53H,4-7,9-10,12-15,18,21-24,28,32-34,36,39,41-52H2,1-3H3/b11-8-,19-16-,20-17-,27-25-,29-26-,31-30-,38-35-,40-37-/t53-/m1/s1. The summed E-state index contributed by atoms with van der Waals surface area (Å²) in [6.45, 7) is 6.40. The number of carbonyl (C=O) groups excluding carboxylic acids is 3. The van der Waals surface area contributed by atoms with Crippen molar-refractivity contribution in [2.75, 3.05) is 13.2 Å². The summed E-state index contributed by atoms with van der Waals surface area (Å²) in [4.78, 5) is 37.9. The van der Waals surface area contributed by atoms with E-state index >= 15 is 0 Å². The Kier molecular flexibility index (Phi) is 47.0. The minimum atomic E-state index is -0.819. The molecule has 0 rings (SSSR count). The smallest absolute Gasteiger partial charge is 0.306 e. The number of ether oxygens (including phenoxy) is 3. The van der Waals surface area contributed by atoms with Crippen molar-refractivity contribution < 1.29 is 28.6 Å². The summed E-state index contributed by atoms with van der Waals surface area (Å²) in [6.07, 6.45) is 65.4. The molecule has 0 saturated carbocycles. The van der Waals surface area contributed by atoms with E-state index in [4.69, 9.17) is 14.2 Å². The first-order valence-corrected chi connectivity index (χ1v) is 25.2. The van der Waals surface area contributed by atoms with Gasteiger partial charge in [0.1, 0.15) is 13.2 Å². The van der Waals surface area contributed by atoms with Gasteiger partial charge in [0, 0.05) is 19.3 Å². The fourth-order valence-electron chi connectivity index (χ4n) is 6.54. The number of allylic oxidation sites excluding steroid dienone is 16. The molecule has 0 aromatic heterocycles. The number of rotatable bonds is 44. The molecule has 62 heavy (non-hydrogen) atoms. The maximum absolute atomic E-state index is 12.8. The van der Waals surface area contributed by atoms with E-state index in [0.717, 1.165) is 83.5 Å². The molecular weight excluding hydrogens is 769 g/mol. The second-order valence-electron chi connectivity index (χ2n) is 16.3. The summed E-state index contributed by atoms with van der Waals surface area (Å²) in [6, 6.07) is 0. The van der Waals surface area contributed by atoms with Crippen molar-refractivity contribution in [1.29, 1.82) is 0 Å². The fourth-order valence-corrected chi connectivity index (χ4v) is 6.54. The highest BCUT2D eigenvalue weighted by atomic mass is 16.6. The zero-order valence-electron chi connectivity index (χ0n) is 40.1. The zero-order valence-corrected chi connectivity index (χ0v) is 40.1. The van der Waals surface area contributed by atoms with Crippen LogP contribution in [0.15, 0.2) is 97.2 Å². The van der Waals surface area contributed by atoms with Gasteiger partial charge in [-0.25, -0.2) is 0 Å². The molecule has 0 aromatic carbocycles. The number of carbonyl (C=O) groups is 3. The molecule has 1 atom stereocenters. The first-order valence-electron chi connectivity index (χ1n) is 25.2. The maximum Gasteiger partial charge on any atom is 0.306 e. The quantitative estimate of drug-likeness (QED) is 0.0263. The van der Waals surface area contributed by atoms with Crippen molar-refractivity contribution in [2.45, 2.75) is 226 Å². The molecule has 0 bridgehead atoms. The summed E-state index contributed by atoms with van der Waals surface area (Å²) in [5.41, 5.74) is 0. The van der Waals surface area contributed by atoms with E-state index in [1.54, 1.807) is 0 Å².